The predicted molar refractivity (Wildman–Crippen MR) is 47.9 cm³/mol. The number of hydrogen-bond donors (Lipinski definition) is 1. The molecule has 0 radical (unpaired) electrons. The molecular weight excluding hydrogens is 188 g/mol. The van der Waals surface area contributed by atoms with Crippen molar-refractivity contribution >= 4 is 23.1 Å². The molecule has 1 aromatic heterocycles. The van der Waals surface area contributed by atoms with Gasteiger partial charge in [-0.15, -0.1) is 0 Å². The minimum absolute atomic E-state index is 0.0198. The Morgan fingerprint density at radius 2 is 2.23 bits per heavy atom. The number of aliphatic carboxylic acids is 1. The van der Waals surface area contributed by atoms with E-state index in [1.165, 1.54) is 11.3 Å². The highest BCUT2D eigenvalue weighted by molar-refractivity contribution is 7.08. The number of Topliss-reactive ketones (excluding diaryl/α,β-unsaturated/α-hetero) is 1. The van der Waals surface area contributed by atoms with E-state index in [4.69, 9.17) is 5.11 Å². The molecule has 2 atom stereocenters. The maximum absolute atomic E-state index is 11.5. The van der Waals surface area contributed by atoms with Crippen LogP contribution in [0.1, 0.15) is 16.8 Å². The fourth-order valence-corrected chi connectivity index (χ4v) is 2.02. The molecule has 1 aliphatic carbocycles. The molecule has 1 N–H and O–H groups in total. The van der Waals surface area contributed by atoms with E-state index in [0.29, 0.717) is 12.0 Å². The minimum atomic E-state index is -0.853. The quantitative estimate of drug-likeness (QED) is 0.748. The Morgan fingerprint density at radius 1 is 1.46 bits per heavy atom. The van der Waals surface area contributed by atoms with Crippen LogP contribution < -0.4 is 0 Å². The fourth-order valence-electron chi connectivity index (χ4n) is 1.38. The zero-order chi connectivity index (χ0) is 9.42. The van der Waals surface area contributed by atoms with Gasteiger partial charge in [0, 0.05) is 16.9 Å². The van der Waals surface area contributed by atoms with E-state index in [-0.39, 0.29) is 11.7 Å². The van der Waals surface area contributed by atoms with Gasteiger partial charge in [-0.25, -0.2) is 0 Å². The Hall–Kier alpha value is -1.16. The number of carboxylic acid groups (broad SMARTS) is 1. The second-order valence-electron chi connectivity index (χ2n) is 3.16. The number of thiophene rings is 1. The minimum Gasteiger partial charge on any atom is -0.481 e. The lowest BCUT2D eigenvalue weighted by Gasteiger charge is -1.92. The lowest BCUT2D eigenvalue weighted by atomic mass is 10.1. The molecular formula is C9H8O3S. The zero-order valence-electron chi connectivity index (χ0n) is 6.77. The molecule has 4 heteroatoms. The van der Waals surface area contributed by atoms with Crippen LogP contribution in [0.5, 0.6) is 0 Å². The van der Waals surface area contributed by atoms with Crippen LogP contribution in [-0.4, -0.2) is 16.9 Å². The normalized spacial score (nSPS) is 25.5. The van der Waals surface area contributed by atoms with Gasteiger partial charge in [-0.3, -0.25) is 9.59 Å². The van der Waals surface area contributed by atoms with Crippen molar-refractivity contribution in [2.24, 2.45) is 11.8 Å². The second kappa shape index (κ2) is 2.96. The highest BCUT2D eigenvalue weighted by Crippen LogP contribution is 2.41. The van der Waals surface area contributed by atoms with Crippen LogP contribution in [0.25, 0.3) is 0 Å². The first-order valence-corrected chi connectivity index (χ1v) is 4.93. The van der Waals surface area contributed by atoms with Crippen molar-refractivity contribution in [2.45, 2.75) is 6.42 Å². The molecule has 1 aromatic rings. The Kier molecular flexibility index (Phi) is 1.92. The van der Waals surface area contributed by atoms with E-state index in [0.717, 1.165) is 0 Å². The van der Waals surface area contributed by atoms with Gasteiger partial charge in [0.05, 0.1) is 5.92 Å². The SMILES string of the molecule is O=C(O)[C@H]1C[C@@H]1C(=O)c1ccsc1. The summed E-state index contributed by atoms with van der Waals surface area (Å²) in [5, 5.41) is 12.2. The number of carboxylic acids is 1. The van der Waals surface area contributed by atoms with Crippen LogP contribution in [0.4, 0.5) is 0 Å². The fraction of sp³-hybridized carbons (Fsp3) is 0.333. The highest BCUT2D eigenvalue weighted by Gasteiger charge is 2.48. The summed E-state index contributed by atoms with van der Waals surface area (Å²) in [5.41, 5.74) is 0.652. The van der Waals surface area contributed by atoms with Gasteiger partial charge in [0.2, 0.25) is 0 Å². The summed E-state index contributed by atoms with van der Waals surface area (Å²) < 4.78 is 0. The van der Waals surface area contributed by atoms with Gasteiger partial charge in [0.1, 0.15) is 0 Å². The molecule has 0 aromatic carbocycles. The van der Waals surface area contributed by atoms with E-state index < -0.39 is 11.9 Å². The molecule has 68 valence electrons. The van der Waals surface area contributed by atoms with Crippen LogP contribution >= 0.6 is 11.3 Å². The summed E-state index contributed by atoms with van der Waals surface area (Å²) in [6.07, 6.45) is 0.504. The number of hydrogen-bond acceptors (Lipinski definition) is 3. The van der Waals surface area contributed by atoms with Crippen molar-refractivity contribution in [2.75, 3.05) is 0 Å². The van der Waals surface area contributed by atoms with Gasteiger partial charge in [-0.05, 0) is 17.9 Å². The Balaban J connectivity index is 2.06. The van der Waals surface area contributed by atoms with Crippen molar-refractivity contribution in [3.63, 3.8) is 0 Å². The summed E-state index contributed by atoms with van der Waals surface area (Å²) in [4.78, 5) is 22.0. The Labute approximate surface area is 79.0 Å². The summed E-state index contributed by atoms with van der Waals surface area (Å²) in [7, 11) is 0. The Morgan fingerprint density at radius 3 is 2.69 bits per heavy atom. The van der Waals surface area contributed by atoms with E-state index in [1.807, 2.05) is 5.38 Å². The van der Waals surface area contributed by atoms with E-state index >= 15 is 0 Å². The third-order valence-electron chi connectivity index (χ3n) is 2.25. The number of carbonyl (C=O) groups excluding carboxylic acids is 1. The zero-order valence-corrected chi connectivity index (χ0v) is 7.58. The molecule has 2 rings (SSSR count). The maximum atomic E-state index is 11.5. The molecule has 1 fully saturated rings. The van der Waals surface area contributed by atoms with Crippen molar-refractivity contribution in [3.8, 4) is 0 Å². The third-order valence-corrected chi connectivity index (χ3v) is 2.93. The van der Waals surface area contributed by atoms with Crippen LogP contribution in [0.2, 0.25) is 0 Å². The first-order chi connectivity index (χ1) is 6.20. The molecule has 0 bridgehead atoms. The summed E-state index contributed by atoms with van der Waals surface area (Å²) in [5.74, 6) is -1.58. The summed E-state index contributed by atoms with van der Waals surface area (Å²) in [6.45, 7) is 0. The van der Waals surface area contributed by atoms with Crippen molar-refractivity contribution < 1.29 is 14.7 Å². The Bertz CT molecular complexity index is 342. The number of rotatable bonds is 3. The maximum Gasteiger partial charge on any atom is 0.307 e. The van der Waals surface area contributed by atoms with Crippen molar-refractivity contribution in [1.82, 2.24) is 0 Å². The number of ketones is 1. The monoisotopic (exact) mass is 196 g/mol. The average Bonchev–Trinajstić information content (AvgIpc) is 2.72. The third kappa shape index (κ3) is 1.49. The molecule has 0 aliphatic heterocycles. The van der Waals surface area contributed by atoms with Gasteiger partial charge >= 0.3 is 5.97 Å². The molecule has 1 saturated carbocycles. The second-order valence-corrected chi connectivity index (χ2v) is 3.94. The molecule has 1 heterocycles. The van der Waals surface area contributed by atoms with Crippen LogP contribution in [0.3, 0.4) is 0 Å². The standard InChI is InChI=1S/C9H8O3S/c10-8(5-1-2-13-4-5)6-3-7(6)9(11)12/h1-2,4,6-7H,3H2,(H,11,12)/t6-,7-/m0/s1. The molecule has 0 unspecified atom stereocenters. The first-order valence-electron chi connectivity index (χ1n) is 3.99. The smallest absolute Gasteiger partial charge is 0.307 e. The van der Waals surface area contributed by atoms with Crippen molar-refractivity contribution in [3.05, 3.63) is 22.4 Å². The van der Waals surface area contributed by atoms with Crippen LogP contribution in [0.15, 0.2) is 16.8 Å². The molecule has 3 nitrogen and oxygen atoms in total. The first kappa shape index (κ1) is 8.44. The van der Waals surface area contributed by atoms with Gasteiger partial charge < -0.3 is 5.11 Å². The highest BCUT2D eigenvalue weighted by atomic mass is 32.1. The van der Waals surface area contributed by atoms with E-state index in [2.05, 4.69) is 0 Å². The summed E-state index contributed by atoms with van der Waals surface area (Å²) >= 11 is 1.45. The van der Waals surface area contributed by atoms with Gasteiger partial charge in [-0.2, -0.15) is 11.3 Å². The number of carbonyl (C=O) groups is 2. The molecule has 0 amide bonds. The van der Waals surface area contributed by atoms with Crippen LogP contribution in [-0.2, 0) is 4.79 Å². The van der Waals surface area contributed by atoms with Gasteiger partial charge in [0.15, 0.2) is 5.78 Å². The predicted octanol–water partition coefficient (Wildman–Crippen LogP) is 1.65. The van der Waals surface area contributed by atoms with Gasteiger partial charge in [0.25, 0.3) is 0 Å². The van der Waals surface area contributed by atoms with E-state index in [1.54, 1.807) is 11.4 Å². The molecule has 1 aliphatic rings. The topological polar surface area (TPSA) is 54.4 Å². The average molecular weight is 196 g/mol. The van der Waals surface area contributed by atoms with Crippen molar-refractivity contribution in [1.29, 1.82) is 0 Å². The summed E-state index contributed by atoms with van der Waals surface area (Å²) in [6, 6.07) is 1.74. The lowest BCUT2D eigenvalue weighted by Crippen LogP contribution is -2.07. The van der Waals surface area contributed by atoms with E-state index in [9.17, 15) is 9.59 Å². The lowest BCUT2D eigenvalue weighted by molar-refractivity contribution is -0.138. The van der Waals surface area contributed by atoms with Gasteiger partial charge in [-0.1, -0.05) is 0 Å². The van der Waals surface area contributed by atoms with Crippen LogP contribution in [0, 0.1) is 11.8 Å². The molecule has 0 spiro atoms. The molecule has 13 heavy (non-hydrogen) atoms. The largest absolute Gasteiger partial charge is 0.481 e. The molecule has 0 saturated heterocycles.